The Morgan fingerprint density at radius 3 is 2.81 bits per heavy atom. The fourth-order valence-corrected chi connectivity index (χ4v) is 4.51. The van der Waals surface area contributed by atoms with Gasteiger partial charge in [-0.25, -0.2) is 13.4 Å². The largest absolute Gasteiger partial charge is 0.506 e. The lowest BCUT2D eigenvalue weighted by Gasteiger charge is -2.18. The second-order valence-corrected chi connectivity index (χ2v) is 8.24. The van der Waals surface area contributed by atoms with Crippen molar-refractivity contribution in [3.63, 3.8) is 0 Å². The van der Waals surface area contributed by atoms with E-state index >= 15 is 4.39 Å². The van der Waals surface area contributed by atoms with Gasteiger partial charge < -0.3 is 15.2 Å². The molecule has 2 fully saturated rings. The number of phenolic OH excluding ortho intramolecular Hbond substituents is 1. The molecule has 2 aliphatic heterocycles. The number of amides is 1. The SMILES string of the molecule is O=C1CN(c2c(O)cc3ccc(OC[C@@H]4CCNC4)cc3c2F)S(=O)(=O)N1. The van der Waals surface area contributed by atoms with Gasteiger partial charge in [0.2, 0.25) is 0 Å². The zero-order valence-electron chi connectivity index (χ0n) is 14.2. The normalized spacial score (nSPS) is 21.6. The van der Waals surface area contributed by atoms with Crippen molar-refractivity contribution < 1.29 is 27.4 Å². The third-order valence-electron chi connectivity index (χ3n) is 4.72. The highest BCUT2D eigenvalue weighted by Crippen LogP contribution is 2.39. The highest BCUT2D eigenvalue weighted by Gasteiger charge is 2.37. The molecule has 10 heteroatoms. The monoisotopic (exact) mass is 395 g/mol. The number of carbonyl (C=O) groups is 1. The van der Waals surface area contributed by atoms with Crippen LogP contribution in [0.3, 0.4) is 0 Å². The maximum atomic E-state index is 15.1. The van der Waals surface area contributed by atoms with E-state index in [1.807, 2.05) is 0 Å². The molecular formula is C17H18FN3O5S. The standard InChI is InChI=1S/C17H18FN3O5S/c18-16-13-6-12(26-9-10-3-4-19-7-10)2-1-11(13)5-14(22)17(16)21-8-15(23)20-27(21,24)25/h1-2,5-6,10,19,22H,3-4,7-9H2,(H,20,23)/t10-/m1/s1. The van der Waals surface area contributed by atoms with E-state index in [4.69, 9.17) is 4.74 Å². The number of ether oxygens (including phenoxy) is 1. The summed E-state index contributed by atoms with van der Waals surface area (Å²) in [6.07, 6.45) is 1.01. The van der Waals surface area contributed by atoms with E-state index in [0.717, 1.165) is 19.5 Å². The molecule has 0 radical (unpaired) electrons. The van der Waals surface area contributed by atoms with Crippen molar-refractivity contribution in [2.75, 3.05) is 30.5 Å². The molecule has 4 rings (SSSR count). The molecule has 0 aromatic heterocycles. The number of hydrogen-bond acceptors (Lipinski definition) is 6. The highest BCUT2D eigenvalue weighted by molar-refractivity contribution is 7.92. The minimum Gasteiger partial charge on any atom is -0.506 e. The van der Waals surface area contributed by atoms with Crippen LogP contribution in [0.15, 0.2) is 24.3 Å². The van der Waals surface area contributed by atoms with Crippen molar-refractivity contribution >= 4 is 32.6 Å². The van der Waals surface area contributed by atoms with Crippen LogP contribution in [0, 0.1) is 11.7 Å². The fourth-order valence-electron chi connectivity index (χ4n) is 3.35. The van der Waals surface area contributed by atoms with Crippen LogP contribution in [0.5, 0.6) is 11.5 Å². The molecule has 2 aromatic carbocycles. The number of fused-ring (bicyclic) bond motifs is 1. The van der Waals surface area contributed by atoms with Crippen LogP contribution in [0.4, 0.5) is 10.1 Å². The molecule has 27 heavy (non-hydrogen) atoms. The summed E-state index contributed by atoms with van der Waals surface area (Å²) in [5, 5.41) is 13.9. The smallest absolute Gasteiger partial charge is 0.326 e. The molecule has 0 unspecified atom stereocenters. The molecule has 0 aliphatic carbocycles. The number of anilines is 1. The summed E-state index contributed by atoms with van der Waals surface area (Å²) in [6.45, 7) is 1.71. The molecule has 2 saturated heterocycles. The number of nitrogens with zero attached hydrogens (tertiary/aromatic N) is 1. The van der Waals surface area contributed by atoms with Gasteiger partial charge in [-0.15, -0.1) is 0 Å². The van der Waals surface area contributed by atoms with E-state index in [9.17, 15) is 18.3 Å². The van der Waals surface area contributed by atoms with Gasteiger partial charge in [-0.05, 0) is 36.6 Å². The zero-order chi connectivity index (χ0) is 19.2. The third kappa shape index (κ3) is 3.26. The molecule has 0 spiro atoms. The van der Waals surface area contributed by atoms with E-state index in [1.165, 1.54) is 12.1 Å². The van der Waals surface area contributed by atoms with Crippen molar-refractivity contribution in [2.45, 2.75) is 6.42 Å². The molecular weight excluding hydrogens is 377 g/mol. The average Bonchev–Trinajstić information content (AvgIpc) is 3.21. The summed E-state index contributed by atoms with van der Waals surface area (Å²) >= 11 is 0. The van der Waals surface area contributed by atoms with Crippen LogP contribution in [-0.4, -0.2) is 45.7 Å². The number of hydrogen-bond donors (Lipinski definition) is 3. The first-order valence-electron chi connectivity index (χ1n) is 8.47. The molecule has 2 aromatic rings. The molecule has 3 N–H and O–H groups in total. The van der Waals surface area contributed by atoms with Crippen LogP contribution in [0.2, 0.25) is 0 Å². The lowest BCUT2D eigenvalue weighted by atomic mass is 10.1. The first kappa shape index (κ1) is 17.8. The molecule has 1 amide bonds. The minimum absolute atomic E-state index is 0.0967. The first-order chi connectivity index (χ1) is 12.8. The molecule has 8 nitrogen and oxygen atoms in total. The number of aromatic hydroxyl groups is 1. The third-order valence-corrected chi connectivity index (χ3v) is 6.10. The molecule has 2 aliphatic rings. The van der Waals surface area contributed by atoms with Crippen LogP contribution in [0.25, 0.3) is 10.8 Å². The van der Waals surface area contributed by atoms with Gasteiger partial charge in [-0.3, -0.25) is 4.79 Å². The molecule has 1 atom stereocenters. The van der Waals surface area contributed by atoms with Crippen LogP contribution in [0.1, 0.15) is 6.42 Å². The number of benzene rings is 2. The van der Waals surface area contributed by atoms with E-state index in [-0.39, 0.29) is 5.39 Å². The fraction of sp³-hybridized carbons (Fsp3) is 0.353. The van der Waals surface area contributed by atoms with Gasteiger partial charge in [-0.2, -0.15) is 8.42 Å². The summed E-state index contributed by atoms with van der Waals surface area (Å²) in [6, 6.07) is 5.98. The van der Waals surface area contributed by atoms with E-state index in [1.54, 1.807) is 16.9 Å². The Hall–Kier alpha value is -2.59. The zero-order valence-corrected chi connectivity index (χ0v) is 15.1. The van der Waals surface area contributed by atoms with Crippen LogP contribution >= 0.6 is 0 Å². The summed E-state index contributed by atoms with van der Waals surface area (Å²) in [5.41, 5.74) is -0.557. The van der Waals surface area contributed by atoms with Crippen molar-refractivity contribution in [1.82, 2.24) is 10.0 Å². The Morgan fingerprint density at radius 1 is 1.33 bits per heavy atom. The Balaban J connectivity index is 1.71. The Labute approximate surface area is 155 Å². The van der Waals surface area contributed by atoms with Crippen LogP contribution in [-0.2, 0) is 15.0 Å². The highest BCUT2D eigenvalue weighted by atomic mass is 32.2. The van der Waals surface area contributed by atoms with Gasteiger partial charge in [0, 0.05) is 17.8 Å². The molecule has 0 saturated carbocycles. The Morgan fingerprint density at radius 2 is 2.15 bits per heavy atom. The van der Waals surface area contributed by atoms with Gasteiger partial charge in [-0.1, -0.05) is 6.07 Å². The lowest BCUT2D eigenvalue weighted by Crippen LogP contribution is -2.30. The van der Waals surface area contributed by atoms with Gasteiger partial charge in [0.05, 0.1) is 6.61 Å². The Kier molecular flexibility index (Phi) is 4.31. The minimum atomic E-state index is -4.24. The maximum Gasteiger partial charge on any atom is 0.326 e. The van der Waals surface area contributed by atoms with Gasteiger partial charge >= 0.3 is 10.2 Å². The number of nitrogens with one attached hydrogen (secondary N) is 2. The second kappa shape index (κ2) is 6.54. The van der Waals surface area contributed by atoms with Gasteiger partial charge in [0.15, 0.2) is 5.82 Å². The Bertz CT molecular complexity index is 1020. The predicted molar refractivity (Wildman–Crippen MR) is 96.5 cm³/mol. The van der Waals surface area contributed by atoms with Crippen molar-refractivity contribution in [3.05, 3.63) is 30.1 Å². The van der Waals surface area contributed by atoms with Crippen molar-refractivity contribution in [2.24, 2.45) is 5.92 Å². The van der Waals surface area contributed by atoms with Crippen molar-refractivity contribution in [1.29, 1.82) is 0 Å². The number of rotatable bonds is 4. The lowest BCUT2D eigenvalue weighted by molar-refractivity contribution is -0.117. The predicted octanol–water partition coefficient (Wildman–Crippen LogP) is 0.854. The average molecular weight is 395 g/mol. The van der Waals surface area contributed by atoms with E-state index < -0.39 is 39.9 Å². The number of phenols is 1. The summed E-state index contributed by atoms with van der Waals surface area (Å²) in [7, 11) is -4.24. The first-order valence-corrected chi connectivity index (χ1v) is 9.91. The van der Waals surface area contributed by atoms with Gasteiger partial charge in [0.1, 0.15) is 23.7 Å². The van der Waals surface area contributed by atoms with E-state index in [2.05, 4.69) is 5.32 Å². The topological polar surface area (TPSA) is 108 Å². The summed E-state index contributed by atoms with van der Waals surface area (Å²) in [4.78, 5) is 11.4. The quantitative estimate of drug-likeness (QED) is 0.709. The number of carbonyl (C=O) groups excluding carboxylic acids is 1. The second-order valence-electron chi connectivity index (χ2n) is 6.65. The van der Waals surface area contributed by atoms with Gasteiger partial charge in [0.25, 0.3) is 5.91 Å². The summed E-state index contributed by atoms with van der Waals surface area (Å²) in [5.74, 6) is -1.46. The van der Waals surface area contributed by atoms with E-state index in [0.29, 0.717) is 28.0 Å². The van der Waals surface area contributed by atoms with Crippen LogP contribution < -0.4 is 19.1 Å². The molecule has 0 bridgehead atoms. The van der Waals surface area contributed by atoms with Crippen molar-refractivity contribution in [3.8, 4) is 11.5 Å². The number of halogens is 1. The molecule has 144 valence electrons. The molecule has 2 heterocycles. The maximum absolute atomic E-state index is 15.1. The summed E-state index contributed by atoms with van der Waals surface area (Å²) < 4.78 is 47.2.